The van der Waals surface area contributed by atoms with Gasteiger partial charge in [0.25, 0.3) is 0 Å². The van der Waals surface area contributed by atoms with Gasteiger partial charge in [0.15, 0.2) is 0 Å². The Morgan fingerprint density at radius 2 is 2.00 bits per heavy atom. The number of benzene rings is 1. The molecule has 0 amide bonds. The molecule has 0 aliphatic heterocycles. The van der Waals surface area contributed by atoms with E-state index in [1.807, 2.05) is 0 Å². The molecule has 1 aromatic rings. The zero-order chi connectivity index (χ0) is 15.5. The van der Waals surface area contributed by atoms with Gasteiger partial charge in [0.05, 0.1) is 5.02 Å². The standard InChI is InChI=1S/C14H20Cl2N2O2S/c1-2-5-17-9-11-6-12(15)7-13(14(11)16)21(19,20)18-8-10-3-4-10/h6-7,10,17-18H,2-5,8-9H2,1H3. The molecule has 2 rings (SSSR count). The molecule has 0 spiro atoms. The molecule has 4 nitrogen and oxygen atoms in total. The zero-order valence-electron chi connectivity index (χ0n) is 12.0. The van der Waals surface area contributed by atoms with Crippen LogP contribution in [0.15, 0.2) is 17.0 Å². The lowest BCUT2D eigenvalue weighted by Crippen LogP contribution is -2.26. The first-order valence-electron chi connectivity index (χ1n) is 7.12. The third kappa shape index (κ3) is 4.83. The van der Waals surface area contributed by atoms with E-state index in [-0.39, 0.29) is 9.92 Å². The Kier molecular flexibility index (Phi) is 5.91. The Labute approximate surface area is 136 Å². The Morgan fingerprint density at radius 3 is 2.62 bits per heavy atom. The minimum absolute atomic E-state index is 0.0608. The first-order chi connectivity index (χ1) is 9.94. The average molecular weight is 351 g/mol. The molecular weight excluding hydrogens is 331 g/mol. The number of hydrogen-bond acceptors (Lipinski definition) is 3. The highest BCUT2D eigenvalue weighted by atomic mass is 35.5. The highest BCUT2D eigenvalue weighted by Gasteiger charge is 2.26. The summed E-state index contributed by atoms with van der Waals surface area (Å²) < 4.78 is 27.3. The van der Waals surface area contributed by atoms with E-state index < -0.39 is 10.0 Å². The molecule has 0 heterocycles. The van der Waals surface area contributed by atoms with E-state index in [9.17, 15) is 8.42 Å². The fraction of sp³-hybridized carbons (Fsp3) is 0.571. The predicted octanol–water partition coefficient (Wildman–Crippen LogP) is 3.18. The molecule has 0 aromatic heterocycles. The molecule has 1 aromatic carbocycles. The average Bonchev–Trinajstić information content (AvgIpc) is 3.24. The quantitative estimate of drug-likeness (QED) is 0.708. The zero-order valence-corrected chi connectivity index (χ0v) is 14.3. The summed E-state index contributed by atoms with van der Waals surface area (Å²) in [5.41, 5.74) is 0.699. The number of sulfonamides is 1. The molecule has 0 atom stereocenters. The predicted molar refractivity (Wildman–Crippen MR) is 86.4 cm³/mol. The van der Waals surface area contributed by atoms with Gasteiger partial charge in [-0.05, 0) is 49.4 Å². The van der Waals surface area contributed by atoms with Crippen molar-refractivity contribution in [1.29, 1.82) is 0 Å². The summed E-state index contributed by atoms with van der Waals surface area (Å²) in [6.07, 6.45) is 3.16. The number of halogens is 2. The second-order valence-electron chi connectivity index (χ2n) is 5.35. The summed E-state index contributed by atoms with van der Waals surface area (Å²) in [6.45, 7) is 3.86. The van der Waals surface area contributed by atoms with Crippen molar-refractivity contribution in [2.45, 2.75) is 37.6 Å². The van der Waals surface area contributed by atoms with Crippen LogP contribution in [0.3, 0.4) is 0 Å². The summed E-state index contributed by atoms with van der Waals surface area (Å²) >= 11 is 12.3. The van der Waals surface area contributed by atoms with Crippen LogP contribution in [-0.4, -0.2) is 21.5 Å². The second-order valence-corrected chi connectivity index (χ2v) is 7.90. The van der Waals surface area contributed by atoms with E-state index in [2.05, 4.69) is 17.0 Å². The largest absolute Gasteiger partial charge is 0.313 e. The van der Waals surface area contributed by atoms with Crippen LogP contribution in [0.25, 0.3) is 0 Å². The topological polar surface area (TPSA) is 58.2 Å². The summed E-state index contributed by atoms with van der Waals surface area (Å²) in [7, 11) is -3.62. The lowest BCUT2D eigenvalue weighted by Gasteiger charge is -2.13. The Morgan fingerprint density at radius 1 is 1.29 bits per heavy atom. The maximum absolute atomic E-state index is 12.3. The molecule has 1 fully saturated rings. The van der Waals surface area contributed by atoms with Gasteiger partial charge >= 0.3 is 0 Å². The third-order valence-electron chi connectivity index (χ3n) is 3.37. The van der Waals surface area contributed by atoms with Gasteiger partial charge in [-0.15, -0.1) is 0 Å². The van der Waals surface area contributed by atoms with Crippen LogP contribution in [-0.2, 0) is 16.6 Å². The first kappa shape index (κ1) is 17.0. The van der Waals surface area contributed by atoms with E-state index in [4.69, 9.17) is 23.2 Å². The van der Waals surface area contributed by atoms with Crippen LogP contribution >= 0.6 is 23.2 Å². The van der Waals surface area contributed by atoms with E-state index >= 15 is 0 Å². The van der Waals surface area contributed by atoms with Gasteiger partial charge in [0.2, 0.25) is 10.0 Å². The normalized spacial score (nSPS) is 15.4. The molecule has 0 unspecified atom stereocenters. The van der Waals surface area contributed by atoms with Crippen LogP contribution in [0.2, 0.25) is 10.0 Å². The SMILES string of the molecule is CCCNCc1cc(Cl)cc(S(=O)(=O)NCC2CC2)c1Cl. The highest BCUT2D eigenvalue weighted by Crippen LogP contribution is 2.31. The van der Waals surface area contributed by atoms with Crippen LogP contribution < -0.4 is 10.0 Å². The molecule has 1 saturated carbocycles. The van der Waals surface area contributed by atoms with Crippen LogP contribution in [0, 0.1) is 5.92 Å². The van der Waals surface area contributed by atoms with Gasteiger partial charge in [0, 0.05) is 18.1 Å². The van der Waals surface area contributed by atoms with Gasteiger partial charge in [-0.25, -0.2) is 13.1 Å². The lowest BCUT2D eigenvalue weighted by molar-refractivity contribution is 0.577. The van der Waals surface area contributed by atoms with E-state index in [0.717, 1.165) is 25.8 Å². The maximum atomic E-state index is 12.3. The van der Waals surface area contributed by atoms with E-state index in [1.54, 1.807) is 6.07 Å². The number of hydrogen-bond donors (Lipinski definition) is 2. The smallest absolute Gasteiger partial charge is 0.242 e. The summed E-state index contributed by atoms with van der Waals surface area (Å²) in [4.78, 5) is 0.0608. The van der Waals surface area contributed by atoms with Crippen LogP contribution in [0.4, 0.5) is 0 Å². The van der Waals surface area contributed by atoms with E-state index in [0.29, 0.717) is 29.6 Å². The minimum atomic E-state index is -3.62. The molecule has 0 saturated heterocycles. The van der Waals surface area contributed by atoms with Crippen molar-refractivity contribution in [3.63, 3.8) is 0 Å². The van der Waals surface area contributed by atoms with Crippen molar-refractivity contribution in [3.8, 4) is 0 Å². The van der Waals surface area contributed by atoms with Crippen molar-refractivity contribution in [2.75, 3.05) is 13.1 Å². The Balaban J connectivity index is 2.20. The molecule has 118 valence electrons. The van der Waals surface area contributed by atoms with Crippen molar-refractivity contribution in [1.82, 2.24) is 10.0 Å². The number of rotatable bonds is 8. The second kappa shape index (κ2) is 7.29. The summed E-state index contributed by atoms with van der Waals surface area (Å²) in [5.74, 6) is 0.462. The lowest BCUT2D eigenvalue weighted by atomic mass is 10.2. The van der Waals surface area contributed by atoms with Gasteiger partial charge in [-0.3, -0.25) is 0 Å². The van der Waals surface area contributed by atoms with Gasteiger partial charge < -0.3 is 5.32 Å². The van der Waals surface area contributed by atoms with Crippen LogP contribution in [0.5, 0.6) is 0 Å². The fourth-order valence-corrected chi connectivity index (χ4v) is 4.02. The molecule has 2 N–H and O–H groups in total. The molecular formula is C14H20Cl2N2O2S. The van der Waals surface area contributed by atoms with Gasteiger partial charge in [-0.2, -0.15) is 0 Å². The highest BCUT2D eigenvalue weighted by molar-refractivity contribution is 7.89. The van der Waals surface area contributed by atoms with Crippen molar-refractivity contribution >= 4 is 33.2 Å². The molecule has 0 bridgehead atoms. The minimum Gasteiger partial charge on any atom is -0.313 e. The molecule has 1 aliphatic rings. The van der Waals surface area contributed by atoms with E-state index in [1.165, 1.54) is 6.07 Å². The molecule has 21 heavy (non-hydrogen) atoms. The monoisotopic (exact) mass is 350 g/mol. The van der Waals surface area contributed by atoms with Crippen molar-refractivity contribution in [3.05, 3.63) is 27.7 Å². The Bertz CT molecular complexity index is 601. The third-order valence-corrected chi connectivity index (χ3v) is 5.59. The van der Waals surface area contributed by atoms with Gasteiger partial charge in [0.1, 0.15) is 4.90 Å². The Hall–Kier alpha value is -0.330. The summed E-state index contributed by atoms with van der Waals surface area (Å²) in [5, 5.41) is 3.82. The van der Waals surface area contributed by atoms with Gasteiger partial charge in [-0.1, -0.05) is 30.1 Å². The number of nitrogens with one attached hydrogen (secondary N) is 2. The molecule has 1 aliphatic carbocycles. The molecule has 0 radical (unpaired) electrons. The molecule has 7 heteroatoms. The fourth-order valence-electron chi connectivity index (χ4n) is 1.97. The maximum Gasteiger partial charge on any atom is 0.242 e. The van der Waals surface area contributed by atoms with Crippen LogP contribution in [0.1, 0.15) is 31.7 Å². The summed E-state index contributed by atoms with van der Waals surface area (Å²) in [6, 6.07) is 3.11. The first-order valence-corrected chi connectivity index (χ1v) is 9.36. The van der Waals surface area contributed by atoms with Crippen molar-refractivity contribution < 1.29 is 8.42 Å². The van der Waals surface area contributed by atoms with Crippen molar-refractivity contribution in [2.24, 2.45) is 5.92 Å².